The number of nitrogens with zero attached hydrogens (tertiary/aromatic N) is 2. The molecule has 11 heteroatoms. The summed E-state index contributed by atoms with van der Waals surface area (Å²) in [5.74, 6) is -5.89. The van der Waals surface area contributed by atoms with Crippen molar-refractivity contribution in [2.75, 3.05) is 11.4 Å². The highest BCUT2D eigenvalue weighted by Crippen LogP contribution is 2.38. The number of hydrogen-bond donors (Lipinski definition) is 1. The molecule has 1 aromatic heterocycles. The second kappa shape index (κ2) is 10.8. The second-order valence-electron chi connectivity index (χ2n) is 10.1. The number of carbonyl (C=O) groups is 2. The third-order valence-electron chi connectivity index (χ3n) is 7.54. The van der Waals surface area contributed by atoms with Gasteiger partial charge in [0.2, 0.25) is 5.43 Å². The maximum atomic E-state index is 14.7. The monoisotopic (exact) mass is 577 g/mol. The molecule has 1 atom stereocenters. The van der Waals surface area contributed by atoms with Crippen molar-refractivity contribution in [1.82, 2.24) is 9.88 Å². The molecule has 6 rings (SSSR count). The molecule has 0 radical (unpaired) electrons. The van der Waals surface area contributed by atoms with Crippen LogP contribution in [0.3, 0.4) is 0 Å². The molecule has 214 valence electrons. The fourth-order valence-electron chi connectivity index (χ4n) is 5.44. The average Bonchev–Trinajstić information content (AvgIpc) is 3.14. The Morgan fingerprint density at radius 1 is 0.952 bits per heavy atom. The SMILES string of the molecule is O=C(NCc1c(F)cc(F)cc1F)c1cn2c(c(OCc3ccccc3)c1=O)C(=O)N1C[C@@H]2CCc2c(F)cccc21. The summed E-state index contributed by atoms with van der Waals surface area (Å²) in [7, 11) is 0. The Morgan fingerprint density at radius 2 is 1.69 bits per heavy atom. The summed E-state index contributed by atoms with van der Waals surface area (Å²) in [6, 6.07) is 13.9. The fraction of sp³-hybridized carbons (Fsp3) is 0.194. The standard InChI is InChI=1S/C31H23F4N3O4/c32-18-11-24(34)21(25(35)12-18)13-36-30(40)22-15-37-19-9-10-20-23(33)7-4-8-26(20)38(14-19)31(41)27(37)29(28(22)39)42-16-17-5-2-1-3-6-17/h1-8,11-12,15,19H,9-10,13-14,16H2,(H,36,40)/t19-/m0/s1. The van der Waals surface area contributed by atoms with Gasteiger partial charge >= 0.3 is 0 Å². The van der Waals surface area contributed by atoms with Gasteiger partial charge in [-0.1, -0.05) is 36.4 Å². The summed E-state index contributed by atoms with van der Waals surface area (Å²) in [6.45, 7) is -0.595. The molecule has 1 N–H and O–H groups in total. The number of carbonyl (C=O) groups excluding carboxylic acids is 2. The summed E-state index contributed by atoms with van der Waals surface area (Å²) in [4.78, 5) is 42.3. The highest BCUT2D eigenvalue weighted by molar-refractivity contribution is 6.09. The number of halogens is 4. The van der Waals surface area contributed by atoms with Gasteiger partial charge in [-0.2, -0.15) is 0 Å². The molecule has 0 saturated heterocycles. The van der Waals surface area contributed by atoms with Crippen LogP contribution in [0.5, 0.6) is 5.75 Å². The minimum absolute atomic E-state index is 0.0866. The Labute approximate surface area is 237 Å². The molecule has 3 heterocycles. The zero-order valence-corrected chi connectivity index (χ0v) is 22.0. The van der Waals surface area contributed by atoms with Crippen LogP contribution in [-0.2, 0) is 19.6 Å². The Kier molecular flexibility index (Phi) is 7.01. The van der Waals surface area contributed by atoms with Gasteiger partial charge in [-0.15, -0.1) is 0 Å². The number of rotatable bonds is 6. The molecule has 0 unspecified atom stereocenters. The lowest BCUT2D eigenvalue weighted by Gasteiger charge is -2.35. The summed E-state index contributed by atoms with van der Waals surface area (Å²) >= 11 is 0. The van der Waals surface area contributed by atoms with Gasteiger partial charge in [-0.05, 0) is 30.5 Å². The number of aromatic nitrogens is 1. The van der Waals surface area contributed by atoms with E-state index >= 15 is 0 Å². The van der Waals surface area contributed by atoms with Gasteiger partial charge in [-0.3, -0.25) is 14.4 Å². The van der Waals surface area contributed by atoms with Gasteiger partial charge in [-0.25, -0.2) is 17.6 Å². The lowest BCUT2D eigenvalue weighted by molar-refractivity contribution is 0.0927. The predicted octanol–water partition coefficient (Wildman–Crippen LogP) is 5.06. The molecule has 0 spiro atoms. The van der Waals surface area contributed by atoms with E-state index in [9.17, 15) is 31.9 Å². The molecule has 42 heavy (non-hydrogen) atoms. The number of nitrogens with one attached hydrogen (secondary N) is 1. The Balaban J connectivity index is 1.42. The topological polar surface area (TPSA) is 80.6 Å². The van der Waals surface area contributed by atoms with Crippen LogP contribution in [0, 0.1) is 23.3 Å². The zero-order chi connectivity index (χ0) is 29.5. The number of amides is 2. The van der Waals surface area contributed by atoms with Crippen LogP contribution in [0.2, 0.25) is 0 Å². The Hall–Kier alpha value is -4.93. The van der Waals surface area contributed by atoms with E-state index in [0.717, 1.165) is 0 Å². The molecule has 4 aromatic rings. The second-order valence-corrected chi connectivity index (χ2v) is 10.1. The first-order valence-corrected chi connectivity index (χ1v) is 13.2. The van der Waals surface area contributed by atoms with Crippen LogP contribution in [0.15, 0.2) is 71.7 Å². The maximum Gasteiger partial charge on any atom is 0.279 e. The average molecular weight is 578 g/mol. The van der Waals surface area contributed by atoms with E-state index < -0.39 is 64.2 Å². The van der Waals surface area contributed by atoms with Crippen LogP contribution in [0.25, 0.3) is 0 Å². The Bertz CT molecular complexity index is 1770. The van der Waals surface area contributed by atoms with E-state index in [2.05, 4.69) is 5.32 Å². The van der Waals surface area contributed by atoms with Crippen LogP contribution >= 0.6 is 0 Å². The lowest BCUT2D eigenvalue weighted by Crippen LogP contribution is -2.45. The van der Waals surface area contributed by atoms with E-state index in [1.54, 1.807) is 36.4 Å². The minimum Gasteiger partial charge on any atom is -0.483 e. The summed E-state index contributed by atoms with van der Waals surface area (Å²) in [5.41, 5.74) is -0.519. The molecule has 7 nitrogen and oxygen atoms in total. The van der Waals surface area contributed by atoms with Gasteiger partial charge in [0.15, 0.2) is 11.4 Å². The van der Waals surface area contributed by atoms with Gasteiger partial charge in [0.1, 0.15) is 35.4 Å². The van der Waals surface area contributed by atoms with Crippen molar-refractivity contribution in [1.29, 1.82) is 0 Å². The molecule has 0 aliphatic carbocycles. The van der Waals surface area contributed by atoms with Crippen molar-refractivity contribution in [2.24, 2.45) is 0 Å². The van der Waals surface area contributed by atoms with Crippen LogP contribution in [-0.4, -0.2) is 22.9 Å². The van der Waals surface area contributed by atoms with E-state index in [1.807, 2.05) is 0 Å². The quantitative estimate of drug-likeness (QED) is 0.325. The molecule has 2 aliphatic heterocycles. The van der Waals surface area contributed by atoms with Crippen molar-refractivity contribution in [3.05, 3.63) is 128 Å². The molecule has 2 amide bonds. The third kappa shape index (κ3) is 4.80. The molecular formula is C31H23F4N3O4. The van der Waals surface area contributed by atoms with Crippen molar-refractivity contribution >= 4 is 17.5 Å². The number of anilines is 1. The van der Waals surface area contributed by atoms with E-state index in [4.69, 9.17) is 4.74 Å². The molecule has 0 saturated carbocycles. The summed E-state index contributed by atoms with van der Waals surface area (Å²) in [6.07, 6.45) is 1.91. The molecular weight excluding hydrogens is 554 g/mol. The summed E-state index contributed by atoms with van der Waals surface area (Å²) < 4.78 is 63.8. The minimum atomic E-state index is -1.20. The number of hydrogen-bond acceptors (Lipinski definition) is 4. The van der Waals surface area contributed by atoms with Crippen molar-refractivity contribution in [2.45, 2.75) is 32.0 Å². The van der Waals surface area contributed by atoms with Crippen LogP contribution in [0.4, 0.5) is 23.2 Å². The normalized spacial score (nSPS) is 15.5. The first-order chi connectivity index (χ1) is 20.2. The largest absolute Gasteiger partial charge is 0.483 e. The third-order valence-corrected chi connectivity index (χ3v) is 7.54. The van der Waals surface area contributed by atoms with Gasteiger partial charge in [0, 0.05) is 42.5 Å². The highest BCUT2D eigenvalue weighted by atomic mass is 19.1. The highest BCUT2D eigenvalue weighted by Gasteiger charge is 2.39. The van der Waals surface area contributed by atoms with Crippen molar-refractivity contribution in [3.63, 3.8) is 0 Å². The first kappa shape index (κ1) is 27.3. The predicted molar refractivity (Wildman–Crippen MR) is 144 cm³/mol. The number of pyridine rings is 1. The first-order valence-electron chi connectivity index (χ1n) is 13.2. The van der Waals surface area contributed by atoms with E-state index in [1.165, 1.54) is 27.8 Å². The number of benzene rings is 3. The maximum absolute atomic E-state index is 14.7. The van der Waals surface area contributed by atoms with Gasteiger partial charge in [0.25, 0.3) is 11.8 Å². The smallest absolute Gasteiger partial charge is 0.279 e. The molecule has 2 bridgehead atoms. The molecule has 0 fully saturated rings. The number of fused-ring (bicyclic) bond motifs is 6. The van der Waals surface area contributed by atoms with Crippen LogP contribution < -0.4 is 20.4 Å². The van der Waals surface area contributed by atoms with Gasteiger partial charge in [0.05, 0.1) is 11.7 Å². The van der Waals surface area contributed by atoms with Gasteiger partial charge < -0.3 is 19.5 Å². The van der Waals surface area contributed by atoms with E-state index in [0.29, 0.717) is 41.8 Å². The summed E-state index contributed by atoms with van der Waals surface area (Å²) in [5, 5.41) is 2.31. The fourth-order valence-corrected chi connectivity index (χ4v) is 5.44. The van der Waals surface area contributed by atoms with E-state index in [-0.39, 0.29) is 24.6 Å². The van der Waals surface area contributed by atoms with Crippen LogP contribution in [0.1, 0.15) is 50.0 Å². The Morgan fingerprint density at radius 3 is 2.43 bits per heavy atom. The van der Waals surface area contributed by atoms with Crippen molar-refractivity contribution in [3.8, 4) is 5.75 Å². The zero-order valence-electron chi connectivity index (χ0n) is 22.0. The lowest BCUT2D eigenvalue weighted by atomic mass is 10.0. The van der Waals surface area contributed by atoms with Crippen molar-refractivity contribution < 1.29 is 31.9 Å². The molecule has 3 aromatic carbocycles. The number of ether oxygens (including phenoxy) is 1. The molecule has 2 aliphatic rings.